The fourth-order valence-electron chi connectivity index (χ4n) is 3.32. The second-order valence-corrected chi connectivity index (χ2v) is 5.14. The summed E-state index contributed by atoms with van der Waals surface area (Å²) in [5.41, 5.74) is 0.926. The van der Waals surface area contributed by atoms with Crippen LogP contribution in [0.4, 0.5) is 5.69 Å². The van der Waals surface area contributed by atoms with E-state index in [4.69, 9.17) is 0 Å². The third-order valence-electron chi connectivity index (χ3n) is 4.12. The molecule has 0 heterocycles. The molecule has 3 atom stereocenters. The van der Waals surface area contributed by atoms with E-state index in [1.165, 1.54) is 19.3 Å². The maximum Gasteiger partial charge on any atom is 0.227 e. The highest BCUT2D eigenvalue weighted by Gasteiger charge is 2.42. The van der Waals surface area contributed by atoms with E-state index in [0.717, 1.165) is 18.0 Å². The molecule has 1 aromatic rings. The lowest BCUT2D eigenvalue weighted by molar-refractivity contribution is -0.121. The van der Waals surface area contributed by atoms with Gasteiger partial charge in [-0.3, -0.25) is 4.79 Å². The predicted molar refractivity (Wildman–Crippen MR) is 64.0 cm³/mol. The maximum atomic E-state index is 12.1. The monoisotopic (exact) mass is 215 g/mol. The van der Waals surface area contributed by atoms with E-state index in [2.05, 4.69) is 5.32 Å². The zero-order valence-corrected chi connectivity index (χ0v) is 9.36. The molecule has 0 radical (unpaired) electrons. The Kier molecular flexibility index (Phi) is 2.43. The van der Waals surface area contributed by atoms with Crippen molar-refractivity contribution in [2.45, 2.75) is 25.7 Å². The summed E-state index contributed by atoms with van der Waals surface area (Å²) in [6, 6.07) is 9.77. The van der Waals surface area contributed by atoms with Gasteiger partial charge < -0.3 is 5.32 Å². The molecule has 2 heteroatoms. The number of hydrogen-bond donors (Lipinski definition) is 1. The van der Waals surface area contributed by atoms with E-state index in [0.29, 0.717) is 5.92 Å². The van der Waals surface area contributed by atoms with Crippen molar-refractivity contribution in [2.24, 2.45) is 17.8 Å². The van der Waals surface area contributed by atoms with Gasteiger partial charge in [0, 0.05) is 11.6 Å². The van der Waals surface area contributed by atoms with Gasteiger partial charge in [-0.05, 0) is 43.2 Å². The van der Waals surface area contributed by atoms with Gasteiger partial charge in [0.2, 0.25) is 5.91 Å². The van der Waals surface area contributed by atoms with Gasteiger partial charge in [-0.25, -0.2) is 0 Å². The molecule has 2 nitrogen and oxygen atoms in total. The molecule has 1 amide bonds. The van der Waals surface area contributed by atoms with Crippen LogP contribution in [0.25, 0.3) is 0 Å². The third kappa shape index (κ3) is 1.73. The van der Waals surface area contributed by atoms with Crippen LogP contribution in [0.15, 0.2) is 30.3 Å². The van der Waals surface area contributed by atoms with Gasteiger partial charge in [0.1, 0.15) is 0 Å². The number of carbonyl (C=O) groups is 1. The summed E-state index contributed by atoms with van der Waals surface area (Å²) >= 11 is 0. The van der Waals surface area contributed by atoms with E-state index in [-0.39, 0.29) is 11.8 Å². The van der Waals surface area contributed by atoms with Crippen molar-refractivity contribution >= 4 is 11.6 Å². The van der Waals surface area contributed by atoms with Crippen LogP contribution in [0.3, 0.4) is 0 Å². The van der Waals surface area contributed by atoms with Crippen molar-refractivity contribution in [3.05, 3.63) is 30.3 Å². The molecular formula is C14H17NO. The molecule has 3 rings (SSSR count). The smallest absolute Gasteiger partial charge is 0.227 e. The highest BCUT2D eigenvalue weighted by Crippen LogP contribution is 2.48. The Morgan fingerprint density at radius 1 is 1.12 bits per heavy atom. The highest BCUT2D eigenvalue weighted by molar-refractivity contribution is 5.93. The minimum absolute atomic E-state index is 0.235. The summed E-state index contributed by atoms with van der Waals surface area (Å²) in [4.78, 5) is 12.1. The Bertz CT molecular complexity index is 387. The third-order valence-corrected chi connectivity index (χ3v) is 4.12. The summed E-state index contributed by atoms with van der Waals surface area (Å²) in [6.07, 6.45) is 5.01. The number of fused-ring (bicyclic) bond motifs is 2. The number of anilines is 1. The Morgan fingerprint density at radius 2 is 1.94 bits per heavy atom. The van der Waals surface area contributed by atoms with Crippen molar-refractivity contribution in [3.8, 4) is 0 Å². The lowest BCUT2D eigenvalue weighted by Gasteiger charge is -2.20. The molecule has 1 N–H and O–H groups in total. The summed E-state index contributed by atoms with van der Waals surface area (Å²) in [7, 11) is 0. The van der Waals surface area contributed by atoms with Gasteiger partial charge in [-0.1, -0.05) is 24.6 Å². The van der Waals surface area contributed by atoms with Gasteiger partial charge >= 0.3 is 0 Å². The van der Waals surface area contributed by atoms with Crippen molar-refractivity contribution in [2.75, 3.05) is 5.32 Å². The fourth-order valence-corrected chi connectivity index (χ4v) is 3.32. The fraction of sp³-hybridized carbons (Fsp3) is 0.500. The molecule has 16 heavy (non-hydrogen) atoms. The van der Waals surface area contributed by atoms with E-state index >= 15 is 0 Å². The second kappa shape index (κ2) is 3.93. The first-order valence-corrected chi connectivity index (χ1v) is 6.19. The Labute approximate surface area is 96.1 Å². The predicted octanol–water partition coefficient (Wildman–Crippen LogP) is 3.06. The van der Waals surface area contributed by atoms with Crippen LogP contribution in [-0.2, 0) is 4.79 Å². The number of hydrogen-bond acceptors (Lipinski definition) is 1. The average Bonchev–Trinajstić information content (AvgIpc) is 2.92. The number of para-hydroxylation sites is 1. The molecule has 2 aliphatic carbocycles. The lowest BCUT2D eigenvalue weighted by Crippen LogP contribution is -2.27. The zero-order valence-electron chi connectivity index (χ0n) is 9.36. The minimum atomic E-state index is 0.235. The molecule has 2 saturated carbocycles. The molecule has 2 bridgehead atoms. The second-order valence-electron chi connectivity index (χ2n) is 5.14. The number of nitrogens with one attached hydrogen (secondary N) is 1. The molecule has 2 aliphatic rings. The van der Waals surface area contributed by atoms with E-state index in [1.54, 1.807) is 0 Å². The first-order chi connectivity index (χ1) is 7.83. The number of benzene rings is 1. The minimum Gasteiger partial charge on any atom is -0.326 e. The van der Waals surface area contributed by atoms with Crippen molar-refractivity contribution in [3.63, 3.8) is 0 Å². The first-order valence-electron chi connectivity index (χ1n) is 6.19. The van der Waals surface area contributed by atoms with Gasteiger partial charge in [0.05, 0.1) is 0 Å². The summed E-state index contributed by atoms with van der Waals surface area (Å²) in [5.74, 6) is 2.00. The van der Waals surface area contributed by atoms with Gasteiger partial charge in [0.15, 0.2) is 0 Å². The summed E-state index contributed by atoms with van der Waals surface area (Å²) in [5, 5.41) is 3.03. The SMILES string of the molecule is O=C(Nc1ccccc1)[C@H]1C[C@H]2CC[C@@H]1C2. The van der Waals surface area contributed by atoms with Gasteiger partial charge in [-0.15, -0.1) is 0 Å². The van der Waals surface area contributed by atoms with E-state index in [1.807, 2.05) is 30.3 Å². The topological polar surface area (TPSA) is 29.1 Å². The van der Waals surface area contributed by atoms with Gasteiger partial charge in [-0.2, -0.15) is 0 Å². The van der Waals surface area contributed by atoms with Crippen LogP contribution in [0.1, 0.15) is 25.7 Å². The molecule has 0 saturated heterocycles. The van der Waals surface area contributed by atoms with E-state index < -0.39 is 0 Å². The molecule has 84 valence electrons. The molecule has 0 unspecified atom stereocenters. The number of amides is 1. The molecule has 0 spiro atoms. The highest BCUT2D eigenvalue weighted by atomic mass is 16.1. The Morgan fingerprint density at radius 3 is 2.56 bits per heavy atom. The molecule has 1 aromatic carbocycles. The molecule has 0 aliphatic heterocycles. The van der Waals surface area contributed by atoms with Crippen molar-refractivity contribution in [1.29, 1.82) is 0 Å². The summed E-state index contributed by atoms with van der Waals surface area (Å²) < 4.78 is 0. The number of rotatable bonds is 2. The lowest BCUT2D eigenvalue weighted by atomic mass is 9.88. The van der Waals surface area contributed by atoms with Crippen LogP contribution in [0.2, 0.25) is 0 Å². The maximum absolute atomic E-state index is 12.1. The quantitative estimate of drug-likeness (QED) is 0.807. The van der Waals surface area contributed by atoms with Crippen LogP contribution in [0.5, 0.6) is 0 Å². The van der Waals surface area contributed by atoms with Crippen LogP contribution in [-0.4, -0.2) is 5.91 Å². The van der Waals surface area contributed by atoms with Crippen LogP contribution >= 0.6 is 0 Å². The normalized spacial score (nSPS) is 31.6. The molecule has 0 aromatic heterocycles. The van der Waals surface area contributed by atoms with E-state index in [9.17, 15) is 4.79 Å². The Balaban J connectivity index is 1.66. The largest absolute Gasteiger partial charge is 0.326 e. The van der Waals surface area contributed by atoms with Crippen molar-refractivity contribution < 1.29 is 4.79 Å². The van der Waals surface area contributed by atoms with Crippen molar-refractivity contribution in [1.82, 2.24) is 0 Å². The number of carbonyl (C=O) groups excluding carboxylic acids is 1. The first kappa shape index (κ1) is 9.88. The molecular weight excluding hydrogens is 198 g/mol. The standard InChI is InChI=1S/C14H17NO/c16-14(15-12-4-2-1-3-5-12)13-9-10-6-7-11(13)8-10/h1-5,10-11,13H,6-9H2,(H,15,16)/t10-,11+,13-/m0/s1. The van der Waals surface area contributed by atoms with Crippen LogP contribution < -0.4 is 5.32 Å². The average molecular weight is 215 g/mol. The Hall–Kier alpha value is -1.31. The van der Waals surface area contributed by atoms with Gasteiger partial charge in [0.25, 0.3) is 0 Å². The summed E-state index contributed by atoms with van der Waals surface area (Å²) in [6.45, 7) is 0. The zero-order chi connectivity index (χ0) is 11.0. The molecule has 2 fully saturated rings. The van der Waals surface area contributed by atoms with Crippen LogP contribution in [0, 0.1) is 17.8 Å².